The van der Waals surface area contributed by atoms with Crippen LogP contribution >= 0.6 is 0 Å². The molecule has 1 fully saturated rings. The molecule has 0 saturated carbocycles. The standard InChI is InChI=1S/C26H31F3N4O3/c1-16-6-7-19(17(2)10-16)12-31-14-22(24(35)20-8-9-30-13-20)33-23(34)15-32-25(36)18-4-3-5-21(11-18)26(27,28)29/h3-7,10-11,20,22,30-31H,8-9,12-15H2,1-2H3,(H,32,36)(H,33,34)/t20?,22-/m0/s1. The first-order valence-corrected chi connectivity index (χ1v) is 11.8. The fourth-order valence-corrected chi connectivity index (χ4v) is 4.14. The molecule has 36 heavy (non-hydrogen) atoms. The Hall–Kier alpha value is -3.24. The second kappa shape index (κ2) is 12.1. The first-order valence-electron chi connectivity index (χ1n) is 11.8. The molecule has 2 aromatic rings. The molecule has 10 heteroatoms. The van der Waals surface area contributed by atoms with Crippen molar-refractivity contribution in [3.8, 4) is 0 Å². The van der Waals surface area contributed by atoms with Crippen molar-refractivity contribution >= 4 is 17.6 Å². The zero-order chi connectivity index (χ0) is 26.3. The van der Waals surface area contributed by atoms with Crippen molar-refractivity contribution in [2.45, 2.75) is 39.0 Å². The highest BCUT2D eigenvalue weighted by Gasteiger charge is 2.32. The van der Waals surface area contributed by atoms with E-state index in [1.54, 1.807) is 0 Å². The maximum absolute atomic E-state index is 13.0. The van der Waals surface area contributed by atoms with Gasteiger partial charge in [0.05, 0.1) is 12.1 Å². The summed E-state index contributed by atoms with van der Waals surface area (Å²) in [7, 11) is 0. The highest BCUT2D eigenvalue weighted by molar-refractivity contribution is 5.97. The average molecular weight is 505 g/mol. The fraction of sp³-hybridized carbons (Fsp3) is 0.423. The van der Waals surface area contributed by atoms with E-state index in [0.29, 0.717) is 19.5 Å². The SMILES string of the molecule is Cc1ccc(CNC[C@H](NC(=O)CNC(=O)c2cccc(C(F)(F)F)c2)C(=O)C2CCNC2)c(C)c1. The Balaban J connectivity index is 1.58. The number of nitrogens with one attached hydrogen (secondary N) is 4. The van der Waals surface area contributed by atoms with Crippen LogP contribution in [0.15, 0.2) is 42.5 Å². The largest absolute Gasteiger partial charge is 0.416 e. The molecule has 1 aliphatic rings. The molecule has 4 N–H and O–H groups in total. The first kappa shape index (κ1) is 27.3. The topological polar surface area (TPSA) is 99.3 Å². The summed E-state index contributed by atoms with van der Waals surface area (Å²) >= 11 is 0. The molecule has 2 atom stereocenters. The summed E-state index contributed by atoms with van der Waals surface area (Å²) in [5.74, 6) is -1.75. The van der Waals surface area contributed by atoms with E-state index in [9.17, 15) is 27.6 Å². The van der Waals surface area contributed by atoms with E-state index >= 15 is 0 Å². The van der Waals surface area contributed by atoms with Gasteiger partial charge in [0.15, 0.2) is 5.78 Å². The number of halogens is 3. The Bertz CT molecular complexity index is 1100. The second-order valence-corrected chi connectivity index (χ2v) is 9.03. The van der Waals surface area contributed by atoms with Crippen molar-refractivity contribution in [1.82, 2.24) is 21.3 Å². The predicted octanol–water partition coefficient (Wildman–Crippen LogP) is 2.51. The normalized spacial score (nSPS) is 16.4. The molecule has 0 radical (unpaired) electrons. The third-order valence-electron chi connectivity index (χ3n) is 6.16. The number of carbonyl (C=O) groups is 3. The number of ketones is 1. The van der Waals surface area contributed by atoms with Crippen LogP contribution in [0.1, 0.15) is 39.0 Å². The first-order chi connectivity index (χ1) is 17.0. The molecule has 0 aromatic heterocycles. The Morgan fingerprint density at radius 1 is 1.11 bits per heavy atom. The molecule has 0 aliphatic carbocycles. The summed E-state index contributed by atoms with van der Waals surface area (Å²) in [5, 5.41) is 11.4. The van der Waals surface area contributed by atoms with E-state index in [-0.39, 0.29) is 23.8 Å². The molecule has 0 spiro atoms. The van der Waals surface area contributed by atoms with E-state index in [1.165, 1.54) is 6.07 Å². The molecular weight excluding hydrogens is 473 g/mol. The fourth-order valence-electron chi connectivity index (χ4n) is 4.14. The average Bonchev–Trinajstić information content (AvgIpc) is 3.37. The molecule has 2 amide bonds. The van der Waals surface area contributed by atoms with E-state index in [2.05, 4.69) is 27.3 Å². The minimum Gasteiger partial charge on any atom is -0.343 e. The van der Waals surface area contributed by atoms with Gasteiger partial charge in [0.2, 0.25) is 5.91 Å². The van der Waals surface area contributed by atoms with Crippen molar-refractivity contribution in [2.75, 3.05) is 26.2 Å². The Morgan fingerprint density at radius 3 is 2.56 bits per heavy atom. The number of Topliss-reactive ketones (excluding diaryl/α,β-unsaturated/α-hetero) is 1. The van der Waals surface area contributed by atoms with Crippen molar-refractivity contribution in [1.29, 1.82) is 0 Å². The van der Waals surface area contributed by atoms with Crippen molar-refractivity contribution in [2.24, 2.45) is 5.92 Å². The molecule has 2 aromatic carbocycles. The number of carbonyl (C=O) groups excluding carboxylic acids is 3. The van der Waals surface area contributed by atoms with Crippen molar-refractivity contribution < 1.29 is 27.6 Å². The number of hydrogen-bond donors (Lipinski definition) is 4. The van der Waals surface area contributed by atoms with Crippen LogP contribution in [0, 0.1) is 19.8 Å². The summed E-state index contributed by atoms with van der Waals surface area (Å²) in [4.78, 5) is 37.9. The summed E-state index contributed by atoms with van der Waals surface area (Å²) in [6, 6.07) is 9.23. The van der Waals surface area contributed by atoms with Crippen LogP contribution in [-0.2, 0) is 22.3 Å². The van der Waals surface area contributed by atoms with Gasteiger partial charge in [0, 0.05) is 31.1 Å². The molecular formula is C26H31F3N4O3. The zero-order valence-corrected chi connectivity index (χ0v) is 20.3. The molecule has 1 unspecified atom stereocenters. The second-order valence-electron chi connectivity index (χ2n) is 9.03. The lowest BCUT2D eigenvalue weighted by molar-refractivity contribution is -0.137. The molecule has 7 nitrogen and oxygen atoms in total. The molecule has 1 aliphatic heterocycles. The smallest absolute Gasteiger partial charge is 0.343 e. The van der Waals surface area contributed by atoms with Crippen LogP contribution in [0.25, 0.3) is 0 Å². The molecule has 3 rings (SSSR count). The third-order valence-corrected chi connectivity index (χ3v) is 6.16. The number of alkyl halides is 3. The van der Waals surface area contributed by atoms with Crippen LogP contribution < -0.4 is 21.3 Å². The Kier molecular flexibility index (Phi) is 9.22. The lowest BCUT2D eigenvalue weighted by Crippen LogP contribution is -2.52. The summed E-state index contributed by atoms with van der Waals surface area (Å²) in [6.07, 6.45) is -3.91. The maximum Gasteiger partial charge on any atom is 0.416 e. The number of amides is 2. The number of rotatable bonds is 10. The number of aryl methyl sites for hydroxylation is 2. The summed E-state index contributed by atoms with van der Waals surface area (Å²) in [5.41, 5.74) is 2.18. The molecule has 194 valence electrons. The van der Waals surface area contributed by atoms with Gasteiger partial charge in [-0.2, -0.15) is 13.2 Å². The van der Waals surface area contributed by atoms with Gasteiger partial charge in [-0.1, -0.05) is 29.8 Å². The molecule has 1 saturated heterocycles. The predicted molar refractivity (Wildman–Crippen MR) is 129 cm³/mol. The monoisotopic (exact) mass is 504 g/mol. The van der Waals surface area contributed by atoms with Gasteiger partial charge in [0.25, 0.3) is 5.91 Å². The van der Waals surface area contributed by atoms with Crippen LogP contribution in [-0.4, -0.2) is 49.8 Å². The van der Waals surface area contributed by atoms with Crippen LogP contribution in [0.4, 0.5) is 13.2 Å². The van der Waals surface area contributed by atoms with E-state index in [0.717, 1.165) is 41.4 Å². The van der Waals surface area contributed by atoms with Crippen LogP contribution in [0.2, 0.25) is 0 Å². The van der Waals surface area contributed by atoms with Gasteiger partial charge in [-0.15, -0.1) is 0 Å². The van der Waals surface area contributed by atoms with Crippen molar-refractivity contribution in [3.63, 3.8) is 0 Å². The van der Waals surface area contributed by atoms with Gasteiger partial charge in [-0.05, 0) is 56.1 Å². The summed E-state index contributed by atoms with van der Waals surface area (Å²) < 4.78 is 38.7. The number of benzene rings is 2. The van der Waals surface area contributed by atoms with Crippen LogP contribution in [0.5, 0.6) is 0 Å². The molecule has 0 bridgehead atoms. The maximum atomic E-state index is 13.0. The Labute approximate surface area is 208 Å². The Morgan fingerprint density at radius 2 is 1.89 bits per heavy atom. The van der Waals surface area contributed by atoms with Gasteiger partial charge in [-0.25, -0.2) is 0 Å². The third kappa shape index (κ3) is 7.63. The number of hydrogen-bond acceptors (Lipinski definition) is 5. The van der Waals surface area contributed by atoms with E-state index < -0.39 is 36.1 Å². The van der Waals surface area contributed by atoms with Gasteiger partial charge < -0.3 is 21.3 Å². The van der Waals surface area contributed by atoms with Gasteiger partial charge in [0.1, 0.15) is 6.04 Å². The lowest BCUT2D eigenvalue weighted by Gasteiger charge is -2.22. The lowest BCUT2D eigenvalue weighted by atomic mass is 9.97. The van der Waals surface area contributed by atoms with Crippen LogP contribution in [0.3, 0.4) is 0 Å². The minimum atomic E-state index is -4.58. The highest BCUT2D eigenvalue weighted by atomic mass is 19.4. The van der Waals surface area contributed by atoms with E-state index in [1.807, 2.05) is 26.0 Å². The summed E-state index contributed by atoms with van der Waals surface area (Å²) in [6.45, 7) is 5.52. The van der Waals surface area contributed by atoms with Gasteiger partial charge >= 0.3 is 6.18 Å². The minimum absolute atomic E-state index is 0.106. The highest BCUT2D eigenvalue weighted by Crippen LogP contribution is 2.29. The van der Waals surface area contributed by atoms with Crippen molar-refractivity contribution in [3.05, 3.63) is 70.3 Å². The zero-order valence-electron chi connectivity index (χ0n) is 20.3. The quantitative estimate of drug-likeness (QED) is 0.399. The molecule has 1 heterocycles. The van der Waals surface area contributed by atoms with Gasteiger partial charge in [-0.3, -0.25) is 14.4 Å². The van der Waals surface area contributed by atoms with E-state index in [4.69, 9.17) is 0 Å².